The number of aryl methyl sites for hydroxylation is 1. The van der Waals surface area contributed by atoms with Crippen molar-refractivity contribution < 1.29 is 19.0 Å². The number of benzene rings is 2. The summed E-state index contributed by atoms with van der Waals surface area (Å²) in [7, 11) is 0. The van der Waals surface area contributed by atoms with Crippen molar-refractivity contribution in [3.05, 3.63) is 64.9 Å². The Morgan fingerprint density at radius 2 is 1.65 bits per heavy atom. The highest BCUT2D eigenvalue weighted by Crippen LogP contribution is 2.29. The van der Waals surface area contributed by atoms with Gasteiger partial charge in [-0.25, -0.2) is 0 Å². The van der Waals surface area contributed by atoms with Gasteiger partial charge in [0, 0.05) is 18.3 Å². The molecule has 1 amide bonds. The topological polar surface area (TPSA) is 92.6 Å². The van der Waals surface area contributed by atoms with Gasteiger partial charge in [0.05, 0.1) is 25.9 Å². The molecule has 1 atom stereocenters. The van der Waals surface area contributed by atoms with Crippen LogP contribution in [0.5, 0.6) is 17.2 Å². The second kappa shape index (κ2) is 13.8. The number of carbonyl (C=O) groups excluding carboxylic acids is 1. The zero-order valence-electron chi connectivity index (χ0n) is 20.7. The van der Waals surface area contributed by atoms with Gasteiger partial charge in [-0.05, 0) is 64.8 Å². The minimum absolute atomic E-state index is 0.0131. The Morgan fingerprint density at radius 1 is 1.00 bits per heavy atom. The number of hydrogen-bond acceptors (Lipinski definition) is 6. The molecule has 2 aromatic rings. The lowest BCUT2D eigenvalue weighted by Gasteiger charge is -2.18. The minimum Gasteiger partial charge on any atom is -0.494 e. The number of nitrogens with zero attached hydrogens (tertiary/aromatic N) is 1. The molecule has 0 bridgehead atoms. The first kappa shape index (κ1) is 26.6. The molecule has 7 heteroatoms. The second-order valence-corrected chi connectivity index (χ2v) is 7.69. The lowest BCUT2D eigenvalue weighted by molar-refractivity contribution is -0.117. The number of ether oxygens (including phenoxy) is 3. The van der Waals surface area contributed by atoms with E-state index < -0.39 is 5.91 Å². The number of nitrogens with one attached hydrogen (secondary N) is 2. The summed E-state index contributed by atoms with van der Waals surface area (Å²) >= 11 is 0. The van der Waals surface area contributed by atoms with Crippen LogP contribution in [0.2, 0.25) is 0 Å². The first-order valence-electron chi connectivity index (χ1n) is 11.7. The first-order chi connectivity index (χ1) is 16.4. The molecule has 0 saturated carbocycles. The quantitative estimate of drug-likeness (QED) is 0.255. The molecule has 0 fully saturated rings. The van der Waals surface area contributed by atoms with Crippen molar-refractivity contribution in [3.63, 3.8) is 0 Å². The third-order valence-corrected chi connectivity index (χ3v) is 5.06. The predicted molar refractivity (Wildman–Crippen MR) is 133 cm³/mol. The van der Waals surface area contributed by atoms with Crippen LogP contribution in [0.15, 0.2) is 48.2 Å². The van der Waals surface area contributed by atoms with E-state index in [1.54, 1.807) is 0 Å². The molecule has 0 aliphatic carbocycles. The smallest absolute Gasteiger partial charge is 0.263 e. The maximum absolute atomic E-state index is 12.7. The SMILES string of the molecule is CCOc1ccc(CCN/C=C(/C#N)C(=O)NC(C)c2cc(C)ccc2OCC)cc1OCC. The van der Waals surface area contributed by atoms with Gasteiger partial charge in [0.1, 0.15) is 17.4 Å². The van der Waals surface area contributed by atoms with Gasteiger partial charge in [0.2, 0.25) is 0 Å². The molecule has 2 N–H and O–H groups in total. The van der Waals surface area contributed by atoms with Crippen molar-refractivity contribution >= 4 is 5.91 Å². The molecule has 1 unspecified atom stereocenters. The highest BCUT2D eigenvalue weighted by atomic mass is 16.5. The molecular weight excluding hydrogens is 430 g/mol. The van der Waals surface area contributed by atoms with Crippen molar-refractivity contribution in [2.24, 2.45) is 0 Å². The molecule has 2 rings (SSSR count). The highest BCUT2D eigenvalue weighted by Gasteiger charge is 2.17. The minimum atomic E-state index is -0.439. The average Bonchev–Trinajstić information content (AvgIpc) is 2.82. The van der Waals surface area contributed by atoms with E-state index in [1.807, 2.05) is 77.1 Å². The van der Waals surface area contributed by atoms with Crippen LogP contribution in [0.4, 0.5) is 0 Å². The largest absolute Gasteiger partial charge is 0.494 e. The molecule has 0 aromatic heterocycles. The van der Waals surface area contributed by atoms with E-state index in [2.05, 4.69) is 10.6 Å². The number of amides is 1. The van der Waals surface area contributed by atoms with Crippen LogP contribution in [0.25, 0.3) is 0 Å². The third kappa shape index (κ3) is 7.73. The number of rotatable bonds is 13. The summed E-state index contributed by atoms with van der Waals surface area (Å²) < 4.78 is 16.9. The standard InChI is InChI=1S/C27H35N3O4/c1-6-32-24-11-9-19(4)15-23(24)20(5)30-27(31)22(17-28)18-29-14-13-21-10-12-25(33-7-2)26(16-21)34-8-3/h9-12,15-16,18,20,29H,6-8,13-14H2,1-5H3,(H,30,31)/b22-18-. The maximum atomic E-state index is 12.7. The van der Waals surface area contributed by atoms with Crippen LogP contribution in [0.3, 0.4) is 0 Å². The molecule has 7 nitrogen and oxygen atoms in total. The van der Waals surface area contributed by atoms with Crippen molar-refractivity contribution in [1.29, 1.82) is 5.26 Å². The first-order valence-corrected chi connectivity index (χ1v) is 11.7. The predicted octanol–water partition coefficient (Wildman–Crippen LogP) is 4.61. The maximum Gasteiger partial charge on any atom is 0.263 e. The van der Waals surface area contributed by atoms with Gasteiger partial charge in [-0.3, -0.25) is 4.79 Å². The van der Waals surface area contributed by atoms with Gasteiger partial charge in [-0.1, -0.05) is 23.8 Å². The Labute approximate surface area is 202 Å². The summed E-state index contributed by atoms with van der Waals surface area (Å²) in [5, 5.41) is 15.4. The van der Waals surface area contributed by atoms with Crippen LogP contribution < -0.4 is 24.8 Å². The summed E-state index contributed by atoms with van der Waals surface area (Å²) in [5.41, 5.74) is 3.02. The molecule has 0 aliphatic rings. The molecule has 0 heterocycles. The van der Waals surface area contributed by atoms with Gasteiger partial charge in [-0.2, -0.15) is 5.26 Å². The van der Waals surface area contributed by atoms with Crippen molar-refractivity contribution in [3.8, 4) is 23.3 Å². The molecule has 2 aromatic carbocycles. The molecule has 0 radical (unpaired) electrons. The molecule has 0 spiro atoms. The molecule has 0 aliphatic heterocycles. The lowest BCUT2D eigenvalue weighted by atomic mass is 10.0. The third-order valence-electron chi connectivity index (χ3n) is 5.06. The van der Waals surface area contributed by atoms with Crippen LogP contribution in [-0.2, 0) is 11.2 Å². The van der Waals surface area contributed by atoms with Gasteiger partial charge in [0.15, 0.2) is 11.5 Å². The Hall–Kier alpha value is -3.66. The Balaban J connectivity index is 1.98. The fourth-order valence-corrected chi connectivity index (χ4v) is 3.44. The van der Waals surface area contributed by atoms with E-state index in [9.17, 15) is 10.1 Å². The van der Waals surface area contributed by atoms with Crippen molar-refractivity contribution in [1.82, 2.24) is 10.6 Å². The summed E-state index contributed by atoms with van der Waals surface area (Å²) in [5.74, 6) is 1.72. The van der Waals surface area contributed by atoms with Crippen molar-refractivity contribution in [2.45, 2.75) is 47.1 Å². The zero-order valence-corrected chi connectivity index (χ0v) is 20.7. The van der Waals surface area contributed by atoms with E-state index >= 15 is 0 Å². The van der Waals surface area contributed by atoms with Gasteiger partial charge in [0.25, 0.3) is 5.91 Å². The Bertz CT molecular complexity index is 1030. The molecule has 182 valence electrons. The molecular formula is C27H35N3O4. The Kier molecular flexibility index (Phi) is 10.8. The lowest BCUT2D eigenvalue weighted by Crippen LogP contribution is -2.29. The molecule has 34 heavy (non-hydrogen) atoms. The normalized spacial score (nSPS) is 11.8. The van der Waals surface area contributed by atoms with Crippen LogP contribution in [0.1, 0.15) is 50.4 Å². The van der Waals surface area contributed by atoms with Crippen LogP contribution >= 0.6 is 0 Å². The van der Waals surface area contributed by atoms with E-state index in [0.29, 0.717) is 38.5 Å². The summed E-state index contributed by atoms with van der Waals surface area (Å²) in [6, 6.07) is 13.4. The summed E-state index contributed by atoms with van der Waals surface area (Å²) in [6.45, 7) is 11.9. The average molecular weight is 466 g/mol. The van der Waals surface area contributed by atoms with Crippen molar-refractivity contribution in [2.75, 3.05) is 26.4 Å². The fraction of sp³-hybridized carbons (Fsp3) is 0.407. The molecule has 0 saturated heterocycles. The number of hydrogen-bond donors (Lipinski definition) is 2. The van der Waals surface area contributed by atoms with Gasteiger partial charge >= 0.3 is 0 Å². The van der Waals surface area contributed by atoms with E-state index in [0.717, 1.165) is 28.2 Å². The summed E-state index contributed by atoms with van der Waals surface area (Å²) in [6.07, 6.45) is 2.15. The monoisotopic (exact) mass is 465 g/mol. The van der Waals surface area contributed by atoms with E-state index in [1.165, 1.54) is 6.20 Å². The van der Waals surface area contributed by atoms with Crippen LogP contribution in [-0.4, -0.2) is 32.3 Å². The summed E-state index contributed by atoms with van der Waals surface area (Å²) in [4.78, 5) is 12.7. The Morgan fingerprint density at radius 3 is 2.32 bits per heavy atom. The van der Waals surface area contributed by atoms with E-state index in [-0.39, 0.29) is 11.6 Å². The van der Waals surface area contributed by atoms with Gasteiger partial charge in [-0.15, -0.1) is 0 Å². The van der Waals surface area contributed by atoms with Gasteiger partial charge < -0.3 is 24.8 Å². The second-order valence-electron chi connectivity index (χ2n) is 7.69. The van der Waals surface area contributed by atoms with Crippen LogP contribution in [0, 0.1) is 18.3 Å². The highest BCUT2D eigenvalue weighted by molar-refractivity contribution is 5.97. The fourth-order valence-electron chi connectivity index (χ4n) is 3.44. The van der Waals surface area contributed by atoms with E-state index in [4.69, 9.17) is 14.2 Å². The number of nitriles is 1. The zero-order chi connectivity index (χ0) is 24.9. The number of carbonyl (C=O) groups is 1.